The van der Waals surface area contributed by atoms with Crippen LogP contribution in [0.1, 0.15) is 19.3 Å². The number of thiocarbonyl (C=S) groups is 1. The lowest BCUT2D eigenvalue weighted by molar-refractivity contribution is 0.234. The Kier molecular flexibility index (Phi) is 3.36. The van der Waals surface area contributed by atoms with Crippen LogP contribution in [-0.4, -0.2) is 53.6 Å². The molecule has 1 unspecified atom stereocenters. The predicted octanol–water partition coefficient (Wildman–Crippen LogP) is 0.443. The van der Waals surface area contributed by atoms with E-state index >= 15 is 0 Å². The van der Waals surface area contributed by atoms with Crippen molar-refractivity contribution in [2.75, 3.05) is 32.7 Å². The van der Waals surface area contributed by atoms with Gasteiger partial charge in [0, 0.05) is 19.1 Å². The predicted molar refractivity (Wildman–Crippen MR) is 62.4 cm³/mol. The number of nitrogens with zero attached hydrogens (tertiary/aromatic N) is 2. The Morgan fingerprint density at radius 3 is 2.86 bits per heavy atom. The van der Waals surface area contributed by atoms with Gasteiger partial charge < -0.3 is 5.73 Å². The molecule has 0 amide bonds. The molecule has 0 spiro atoms. The van der Waals surface area contributed by atoms with Gasteiger partial charge in [-0.1, -0.05) is 12.2 Å². The zero-order valence-electron chi connectivity index (χ0n) is 8.61. The third-order valence-electron chi connectivity index (χ3n) is 3.27. The normalized spacial score (nSPS) is 29.9. The fourth-order valence-electron chi connectivity index (χ4n) is 2.65. The van der Waals surface area contributed by atoms with Gasteiger partial charge in [0.15, 0.2) is 0 Å². The molecular formula is C10H19N3S. The smallest absolute Gasteiger partial charge is 0.0870 e. The van der Waals surface area contributed by atoms with Crippen LogP contribution in [0.25, 0.3) is 0 Å². The topological polar surface area (TPSA) is 32.5 Å². The van der Waals surface area contributed by atoms with Crippen LogP contribution >= 0.6 is 12.2 Å². The Labute approximate surface area is 91.2 Å². The molecule has 80 valence electrons. The molecule has 2 fully saturated rings. The van der Waals surface area contributed by atoms with Crippen LogP contribution in [0, 0.1) is 0 Å². The van der Waals surface area contributed by atoms with Crippen LogP contribution in [0.4, 0.5) is 0 Å². The average molecular weight is 213 g/mol. The second-order valence-corrected chi connectivity index (χ2v) is 4.91. The van der Waals surface area contributed by atoms with Crippen molar-refractivity contribution >= 4 is 17.2 Å². The summed E-state index contributed by atoms with van der Waals surface area (Å²) in [5.74, 6) is 0. The minimum absolute atomic E-state index is 0.636. The molecule has 0 aromatic heterocycles. The van der Waals surface area contributed by atoms with Crippen molar-refractivity contribution in [2.24, 2.45) is 5.73 Å². The second kappa shape index (κ2) is 4.55. The number of hydrogen-bond donors (Lipinski definition) is 1. The van der Waals surface area contributed by atoms with Gasteiger partial charge in [0.1, 0.15) is 0 Å². The van der Waals surface area contributed by atoms with E-state index in [1.807, 2.05) is 0 Å². The van der Waals surface area contributed by atoms with Gasteiger partial charge in [-0.05, 0) is 38.9 Å². The van der Waals surface area contributed by atoms with E-state index in [4.69, 9.17) is 18.0 Å². The van der Waals surface area contributed by atoms with Crippen LogP contribution in [0.15, 0.2) is 0 Å². The molecule has 0 bridgehead atoms. The molecule has 2 rings (SSSR count). The summed E-state index contributed by atoms with van der Waals surface area (Å²) in [5, 5.41) is 0. The third kappa shape index (κ3) is 2.43. The van der Waals surface area contributed by atoms with Crippen LogP contribution < -0.4 is 5.73 Å². The monoisotopic (exact) mass is 213 g/mol. The molecule has 0 aliphatic carbocycles. The lowest BCUT2D eigenvalue weighted by Gasteiger charge is -2.24. The molecule has 0 radical (unpaired) electrons. The van der Waals surface area contributed by atoms with Crippen LogP contribution in [0.2, 0.25) is 0 Å². The van der Waals surface area contributed by atoms with E-state index in [-0.39, 0.29) is 0 Å². The molecule has 2 N–H and O–H groups in total. The van der Waals surface area contributed by atoms with E-state index in [1.54, 1.807) is 0 Å². The summed E-state index contributed by atoms with van der Waals surface area (Å²) in [6.07, 6.45) is 3.98. The van der Waals surface area contributed by atoms with E-state index in [0.29, 0.717) is 4.99 Å². The molecule has 2 saturated heterocycles. The van der Waals surface area contributed by atoms with E-state index < -0.39 is 0 Å². The van der Waals surface area contributed by atoms with Crippen LogP contribution in [0.3, 0.4) is 0 Å². The zero-order valence-corrected chi connectivity index (χ0v) is 9.43. The highest BCUT2D eigenvalue weighted by atomic mass is 32.1. The minimum atomic E-state index is 0.636. The van der Waals surface area contributed by atoms with Crippen molar-refractivity contribution in [1.29, 1.82) is 0 Å². The number of rotatable bonds is 2. The van der Waals surface area contributed by atoms with Gasteiger partial charge in [0.25, 0.3) is 0 Å². The second-order valence-electron chi connectivity index (χ2n) is 4.39. The first-order valence-electron chi connectivity index (χ1n) is 5.50. The summed E-state index contributed by atoms with van der Waals surface area (Å²) >= 11 is 4.96. The Balaban J connectivity index is 1.91. The summed E-state index contributed by atoms with van der Waals surface area (Å²) in [5.41, 5.74) is 5.59. The summed E-state index contributed by atoms with van der Waals surface area (Å²) < 4.78 is 0. The summed E-state index contributed by atoms with van der Waals surface area (Å²) in [4.78, 5) is 5.68. The third-order valence-corrected chi connectivity index (χ3v) is 3.40. The molecular weight excluding hydrogens is 194 g/mol. The SMILES string of the molecule is NC(=S)CN1CCCN2CCCC2C1. The molecule has 0 aromatic rings. The Hall–Kier alpha value is -0.190. The Morgan fingerprint density at radius 2 is 2.07 bits per heavy atom. The van der Waals surface area contributed by atoms with Crippen molar-refractivity contribution < 1.29 is 0 Å². The van der Waals surface area contributed by atoms with Crippen LogP contribution in [0.5, 0.6) is 0 Å². The molecule has 2 heterocycles. The standard InChI is InChI=1S/C10H19N3S/c11-10(14)8-12-4-2-6-13-5-1-3-9(13)7-12/h9H,1-8H2,(H2,11,14). The summed E-state index contributed by atoms with van der Waals surface area (Å²) in [7, 11) is 0. The lowest BCUT2D eigenvalue weighted by Crippen LogP contribution is -2.39. The number of nitrogens with two attached hydrogens (primary N) is 1. The van der Waals surface area contributed by atoms with Crippen LogP contribution in [-0.2, 0) is 0 Å². The van der Waals surface area contributed by atoms with Gasteiger partial charge in [-0.15, -0.1) is 0 Å². The quantitative estimate of drug-likeness (QED) is 0.675. The van der Waals surface area contributed by atoms with Gasteiger partial charge in [-0.3, -0.25) is 9.80 Å². The van der Waals surface area contributed by atoms with E-state index in [9.17, 15) is 0 Å². The molecule has 2 aliphatic rings. The molecule has 0 aromatic carbocycles. The maximum absolute atomic E-state index is 5.59. The highest BCUT2D eigenvalue weighted by Crippen LogP contribution is 2.20. The molecule has 14 heavy (non-hydrogen) atoms. The fourth-order valence-corrected chi connectivity index (χ4v) is 2.83. The fraction of sp³-hybridized carbons (Fsp3) is 0.900. The highest BCUT2D eigenvalue weighted by Gasteiger charge is 2.28. The van der Waals surface area contributed by atoms with Crippen molar-refractivity contribution in [2.45, 2.75) is 25.3 Å². The van der Waals surface area contributed by atoms with Gasteiger partial charge in [0.05, 0.1) is 4.99 Å². The van der Waals surface area contributed by atoms with Gasteiger partial charge in [-0.2, -0.15) is 0 Å². The summed E-state index contributed by atoms with van der Waals surface area (Å²) in [6, 6.07) is 0.770. The Bertz CT molecular complexity index is 219. The highest BCUT2D eigenvalue weighted by molar-refractivity contribution is 7.80. The largest absolute Gasteiger partial charge is 0.392 e. The first-order valence-corrected chi connectivity index (χ1v) is 5.91. The van der Waals surface area contributed by atoms with E-state index in [1.165, 1.54) is 32.4 Å². The molecule has 0 saturated carbocycles. The minimum Gasteiger partial charge on any atom is -0.392 e. The maximum atomic E-state index is 5.59. The van der Waals surface area contributed by atoms with E-state index in [0.717, 1.165) is 25.7 Å². The van der Waals surface area contributed by atoms with Crippen molar-refractivity contribution in [1.82, 2.24) is 9.80 Å². The van der Waals surface area contributed by atoms with Crippen molar-refractivity contribution in [3.63, 3.8) is 0 Å². The number of hydrogen-bond acceptors (Lipinski definition) is 3. The van der Waals surface area contributed by atoms with Crippen molar-refractivity contribution in [3.05, 3.63) is 0 Å². The first kappa shape index (κ1) is 10.3. The lowest BCUT2D eigenvalue weighted by atomic mass is 10.2. The molecule has 2 aliphatic heterocycles. The first-order chi connectivity index (χ1) is 6.75. The Morgan fingerprint density at radius 1 is 1.29 bits per heavy atom. The maximum Gasteiger partial charge on any atom is 0.0870 e. The summed E-state index contributed by atoms with van der Waals surface area (Å²) in [6.45, 7) is 5.69. The average Bonchev–Trinajstić information content (AvgIpc) is 2.44. The van der Waals surface area contributed by atoms with Gasteiger partial charge >= 0.3 is 0 Å². The molecule has 4 heteroatoms. The zero-order chi connectivity index (χ0) is 9.97. The van der Waals surface area contributed by atoms with Gasteiger partial charge in [0.2, 0.25) is 0 Å². The molecule has 3 nitrogen and oxygen atoms in total. The molecule has 1 atom stereocenters. The van der Waals surface area contributed by atoms with Gasteiger partial charge in [-0.25, -0.2) is 0 Å². The van der Waals surface area contributed by atoms with E-state index in [2.05, 4.69) is 9.80 Å². The number of fused-ring (bicyclic) bond motifs is 1. The van der Waals surface area contributed by atoms with Crippen molar-refractivity contribution in [3.8, 4) is 0 Å².